The molecule has 0 bridgehead atoms. The van der Waals surface area contributed by atoms with Crippen molar-refractivity contribution in [1.82, 2.24) is 14.1 Å². The van der Waals surface area contributed by atoms with E-state index in [1.54, 1.807) is 14.0 Å². The van der Waals surface area contributed by atoms with Crippen molar-refractivity contribution in [1.29, 1.82) is 0 Å². The Morgan fingerprint density at radius 3 is 2.30 bits per heavy atom. The van der Waals surface area contributed by atoms with Crippen molar-refractivity contribution in [2.45, 2.75) is 13.5 Å². The Morgan fingerprint density at radius 1 is 0.879 bits per heavy atom. The molecule has 0 atom stereocenters. The normalized spacial score (nSPS) is 11.1. The van der Waals surface area contributed by atoms with E-state index in [0.29, 0.717) is 11.3 Å². The predicted octanol–water partition coefficient (Wildman–Crippen LogP) is 4.84. The maximum absolute atomic E-state index is 12.9. The summed E-state index contributed by atoms with van der Waals surface area (Å²) in [5, 5.41) is 1.15. The first-order valence-corrected chi connectivity index (χ1v) is 10.7. The molecular weight excluding hydrogens is 414 g/mol. The molecule has 0 saturated heterocycles. The van der Waals surface area contributed by atoms with Crippen LogP contribution in [0.3, 0.4) is 0 Å². The molecule has 0 spiro atoms. The van der Waals surface area contributed by atoms with Crippen LogP contribution in [-0.2, 0) is 13.6 Å². The fourth-order valence-corrected chi connectivity index (χ4v) is 3.99. The first-order chi connectivity index (χ1) is 16.0. The first kappa shape index (κ1) is 20.6. The van der Waals surface area contributed by atoms with Gasteiger partial charge in [0.15, 0.2) is 0 Å². The zero-order valence-corrected chi connectivity index (χ0v) is 18.4. The Hall–Kier alpha value is -4.32. The third kappa shape index (κ3) is 3.87. The van der Waals surface area contributed by atoms with Gasteiger partial charge in [-0.05, 0) is 54.4 Å². The molecule has 0 saturated carbocycles. The lowest BCUT2D eigenvalue weighted by molar-refractivity contribution is 0.416. The summed E-state index contributed by atoms with van der Waals surface area (Å²) >= 11 is 0. The molecule has 33 heavy (non-hydrogen) atoms. The maximum Gasteiger partial charge on any atom is 0.333 e. The topological polar surface area (TPSA) is 69.0 Å². The molecule has 6 heteroatoms. The second kappa shape index (κ2) is 8.31. The molecule has 0 fully saturated rings. The molecule has 5 rings (SSSR count). The smallest absolute Gasteiger partial charge is 0.333 e. The third-order valence-electron chi connectivity index (χ3n) is 5.80. The van der Waals surface area contributed by atoms with Crippen LogP contribution in [0.15, 0.2) is 94.5 Å². The summed E-state index contributed by atoms with van der Waals surface area (Å²) in [6.07, 6.45) is 0. The van der Waals surface area contributed by atoms with E-state index < -0.39 is 5.69 Å². The van der Waals surface area contributed by atoms with Crippen molar-refractivity contribution in [3.63, 3.8) is 0 Å². The summed E-state index contributed by atoms with van der Waals surface area (Å²) in [7, 11) is 1.62. The lowest BCUT2D eigenvalue weighted by atomic mass is 10.1. The number of nitrogens with zero attached hydrogens (tertiary/aromatic N) is 2. The summed E-state index contributed by atoms with van der Waals surface area (Å²) in [6, 6.07) is 27.2. The van der Waals surface area contributed by atoms with E-state index >= 15 is 0 Å². The first-order valence-electron chi connectivity index (χ1n) is 10.7. The van der Waals surface area contributed by atoms with E-state index in [1.165, 1.54) is 9.13 Å². The standard InChI is InChI=1S/C27H23N3O3/c1-18-25(31)30(17-19-8-4-3-5-9-19)27(32)29(2)26(18)33-22-14-12-20(13-15-22)24-16-21-10-6-7-11-23(21)28-24/h3-16,28H,17H2,1-2H3. The molecule has 2 heterocycles. The summed E-state index contributed by atoms with van der Waals surface area (Å²) in [4.78, 5) is 29.3. The minimum absolute atomic E-state index is 0.215. The van der Waals surface area contributed by atoms with Gasteiger partial charge < -0.3 is 9.72 Å². The number of para-hydroxylation sites is 1. The third-order valence-corrected chi connectivity index (χ3v) is 5.80. The minimum atomic E-state index is -0.417. The maximum atomic E-state index is 12.9. The van der Waals surface area contributed by atoms with Crippen LogP contribution in [0.25, 0.3) is 22.2 Å². The van der Waals surface area contributed by atoms with Crippen molar-refractivity contribution in [2.24, 2.45) is 7.05 Å². The lowest BCUT2D eigenvalue weighted by Crippen LogP contribution is -2.40. The molecule has 0 unspecified atom stereocenters. The molecule has 0 aliphatic rings. The second-order valence-electron chi connectivity index (χ2n) is 8.05. The Balaban J connectivity index is 1.44. The van der Waals surface area contributed by atoms with Crippen molar-refractivity contribution < 1.29 is 4.74 Å². The highest BCUT2D eigenvalue weighted by molar-refractivity contribution is 5.85. The van der Waals surface area contributed by atoms with Gasteiger partial charge >= 0.3 is 5.69 Å². The van der Waals surface area contributed by atoms with Gasteiger partial charge in [-0.3, -0.25) is 13.9 Å². The van der Waals surface area contributed by atoms with Crippen LogP contribution in [0.1, 0.15) is 11.1 Å². The average molecular weight is 437 g/mol. The molecule has 0 radical (unpaired) electrons. The van der Waals surface area contributed by atoms with E-state index in [-0.39, 0.29) is 18.0 Å². The Kier molecular flexibility index (Phi) is 5.18. The van der Waals surface area contributed by atoms with Crippen molar-refractivity contribution in [2.75, 3.05) is 0 Å². The van der Waals surface area contributed by atoms with Gasteiger partial charge in [0, 0.05) is 23.6 Å². The molecule has 2 aromatic heterocycles. The van der Waals surface area contributed by atoms with Gasteiger partial charge in [0.1, 0.15) is 5.75 Å². The van der Waals surface area contributed by atoms with Crippen LogP contribution in [0.2, 0.25) is 0 Å². The fraction of sp³-hybridized carbons (Fsp3) is 0.111. The van der Waals surface area contributed by atoms with Crippen LogP contribution < -0.4 is 16.0 Å². The number of aromatic amines is 1. The summed E-state index contributed by atoms with van der Waals surface area (Å²) < 4.78 is 8.61. The minimum Gasteiger partial charge on any atom is -0.440 e. The van der Waals surface area contributed by atoms with Crippen LogP contribution in [0.4, 0.5) is 0 Å². The number of hydrogen-bond acceptors (Lipinski definition) is 3. The number of benzene rings is 3. The summed E-state index contributed by atoms with van der Waals surface area (Å²) in [6.45, 7) is 1.89. The Bertz CT molecular complexity index is 1490. The number of nitrogens with one attached hydrogen (secondary N) is 1. The molecule has 1 N–H and O–H groups in total. The molecule has 3 aromatic carbocycles. The van der Waals surface area contributed by atoms with E-state index in [0.717, 1.165) is 27.7 Å². The van der Waals surface area contributed by atoms with Gasteiger partial charge in [-0.1, -0.05) is 48.5 Å². The number of ether oxygens (including phenoxy) is 1. The zero-order valence-electron chi connectivity index (χ0n) is 18.4. The largest absolute Gasteiger partial charge is 0.440 e. The van der Waals surface area contributed by atoms with Gasteiger partial charge in [0.2, 0.25) is 5.88 Å². The second-order valence-corrected chi connectivity index (χ2v) is 8.05. The van der Waals surface area contributed by atoms with Crippen LogP contribution >= 0.6 is 0 Å². The van der Waals surface area contributed by atoms with Crippen LogP contribution in [-0.4, -0.2) is 14.1 Å². The highest BCUT2D eigenvalue weighted by Crippen LogP contribution is 2.28. The number of fused-ring (bicyclic) bond motifs is 1. The van der Waals surface area contributed by atoms with Gasteiger partial charge in [-0.25, -0.2) is 4.79 Å². The lowest BCUT2D eigenvalue weighted by Gasteiger charge is -2.15. The van der Waals surface area contributed by atoms with Gasteiger partial charge in [-0.2, -0.15) is 0 Å². The molecule has 6 nitrogen and oxygen atoms in total. The highest BCUT2D eigenvalue weighted by atomic mass is 16.5. The van der Waals surface area contributed by atoms with E-state index in [4.69, 9.17) is 4.74 Å². The van der Waals surface area contributed by atoms with Gasteiger partial charge in [0.05, 0.1) is 12.1 Å². The number of aromatic nitrogens is 3. The molecule has 0 aliphatic heterocycles. The molecular formula is C27H23N3O3. The van der Waals surface area contributed by atoms with Crippen molar-refractivity contribution in [3.8, 4) is 22.9 Å². The van der Waals surface area contributed by atoms with Crippen molar-refractivity contribution >= 4 is 10.9 Å². The van der Waals surface area contributed by atoms with E-state index in [1.807, 2.05) is 72.8 Å². The molecule has 5 aromatic rings. The SMILES string of the molecule is Cc1c(Oc2ccc(-c3cc4ccccc4[nH]3)cc2)n(C)c(=O)n(Cc2ccccc2)c1=O. The summed E-state index contributed by atoms with van der Waals surface area (Å²) in [5.41, 5.74) is 3.60. The predicted molar refractivity (Wildman–Crippen MR) is 130 cm³/mol. The van der Waals surface area contributed by atoms with Crippen LogP contribution in [0.5, 0.6) is 11.6 Å². The Labute approximate surface area is 190 Å². The monoisotopic (exact) mass is 437 g/mol. The molecule has 0 aliphatic carbocycles. The number of rotatable bonds is 5. The summed E-state index contributed by atoms with van der Waals surface area (Å²) in [5.74, 6) is 0.792. The Morgan fingerprint density at radius 2 is 1.58 bits per heavy atom. The molecule has 0 amide bonds. The quantitative estimate of drug-likeness (QED) is 0.428. The van der Waals surface area contributed by atoms with Gasteiger partial charge in [-0.15, -0.1) is 0 Å². The number of H-pyrrole nitrogens is 1. The van der Waals surface area contributed by atoms with Gasteiger partial charge in [0.25, 0.3) is 5.56 Å². The highest BCUT2D eigenvalue weighted by Gasteiger charge is 2.16. The number of hydrogen-bond donors (Lipinski definition) is 1. The molecule has 164 valence electrons. The van der Waals surface area contributed by atoms with Crippen molar-refractivity contribution in [3.05, 3.63) is 117 Å². The average Bonchev–Trinajstić information content (AvgIpc) is 3.29. The zero-order chi connectivity index (χ0) is 22.9. The van der Waals surface area contributed by atoms with Crippen LogP contribution in [0, 0.1) is 6.92 Å². The fourth-order valence-electron chi connectivity index (χ4n) is 3.99. The van der Waals surface area contributed by atoms with E-state index in [9.17, 15) is 9.59 Å². The van der Waals surface area contributed by atoms with E-state index in [2.05, 4.69) is 17.1 Å².